The number of piperidine rings is 1. The van der Waals surface area contributed by atoms with Gasteiger partial charge in [-0.1, -0.05) is 18.2 Å². The average Bonchev–Trinajstić information content (AvgIpc) is 3.01. The van der Waals surface area contributed by atoms with E-state index in [1.165, 1.54) is 11.1 Å². The summed E-state index contributed by atoms with van der Waals surface area (Å²) in [5, 5.41) is 3.74. The maximum absolute atomic E-state index is 5.97. The third-order valence-electron chi connectivity index (χ3n) is 5.70. The van der Waals surface area contributed by atoms with E-state index in [0.717, 1.165) is 61.9 Å². The Kier molecular flexibility index (Phi) is 5.83. The fraction of sp³-hybridized carbons (Fsp3) is 0.478. The van der Waals surface area contributed by atoms with Gasteiger partial charge >= 0.3 is 0 Å². The van der Waals surface area contributed by atoms with Crippen LogP contribution in [0.3, 0.4) is 0 Å². The van der Waals surface area contributed by atoms with Gasteiger partial charge in [0.1, 0.15) is 0 Å². The number of anilines is 1. The number of nitrogens with one attached hydrogen (secondary N) is 1. The number of fused-ring (bicyclic) bond motifs is 1. The zero-order valence-electron chi connectivity index (χ0n) is 17.7. The molecule has 6 nitrogen and oxygen atoms in total. The van der Waals surface area contributed by atoms with Gasteiger partial charge in [0.15, 0.2) is 0 Å². The lowest BCUT2D eigenvalue weighted by Crippen LogP contribution is -2.44. The fourth-order valence-corrected chi connectivity index (χ4v) is 4.33. The number of nitrogens with two attached hydrogens (primary N) is 1. The lowest BCUT2D eigenvalue weighted by atomic mass is 10.0. The molecule has 1 fully saturated rings. The molecule has 1 aliphatic rings. The number of aromatic nitrogens is 3. The van der Waals surface area contributed by atoms with Crippen molar-refractivity contribution in [1.29, 1.82) is 0 Å². The number of benzene rings is 1. The smallest absolute Gasteiger partial charge is 0.204 e. The highest BCUT2D eigenvalue weighted by atomic mass is 15.2. The molecule has 1 unspecified atom stereocenters. The number of aryl methyl sites for hydroxylation is 2. The van der Waals surface area contributed by atoms with E-state index in [1.807, 2.05) is 13.0 Å². The molecule has 0 aliphatic carbocycles. The first-order chi connectivity index (χ1) is 14.0. The number of hydrogen-bond acceptors (Lipinski definition) is 5. The molecule has 1 atom stereocenters. The molecule has 1 saturated heterocycles. The van der Waals surface area contributed by atoms with Crippen molar-refractivity contribution in [2.75, 3.05) is 25.0 Å². The van der Waals surface area contributed by atoms with Crippen LogP contribution in [0.5, 0.6) is 0 Å². The molecular weight excluding hydrogens is 360 g/mol. The van der Waals surface area contributed by atoms with E-state index in [-0.39, 0.29) is 6.04 Å². The number of hydrogen-bond donors (Lipinski definition) is 2. The molecule has 2 aromatic heterocycles. The molecule has 3 heterocycles. The largest absolute Gasteiger partial charge is 0.353 e. The minimum Gasteiger partial charge on any atom is -0.353 e. The normalized spacial score (nSPS) is 17.0. The second kappa shape index (κ2) is 8.51. The highest BCUT2D eigenvalue weighted by molar-refractivity contribution is 5.82. The van der Waals surface area contributed by atoms with Crippen LogP contribution in [0.15, 0.2) is 36.4 Å². The molecule has 0 bridgehead atoms. The predicted molar refractivity (Wildman–Crippen MR) is 119 cm³/mol. The number of imidazole rings is 1. The van der Waals surface area contributed by atoms with E-state index in [2.05, 4.69) is 59.0 Å². The molecule has 0 amide bonds. The van der Waals surface area contributed by atoms with E-state index in [1.54, 1.807) is 0 Å². The van der Waals surface area contributed by atoms with E-state index in [9.17, 15) is 0 Å². The molecule has 1 aromatic carbocycles. The molecule has 154 valence electrons. The first kappa shape index (κ1) is 19.9. The van der Waals surface area contributed by atoms with Crippen molar-refractivity contribution in [3.63, 3.8) is 0 Å². The van der Waals surface area contributed by atoms with Gasteiger partial charge in [0.05, 0.1) is 23.3 Å². The third kappa shape index (κ3) is 4.60. The molecule has 3 aromatic rings. The van der Waals surface area contributed by atoms with Crippen LogP contribution in [0.2, 0.25) is 0 Å². The van der Waals surface area contributed by atoms with Crippen molar-refractivity contribution in [3.8, 4) is 0 Å². The highest BCUT2D eigenvalue weighted by Gasteiger charge is 2.22. The van der Waals surface area contributed by atoms with Crippen molar-refractivity contribution in [3.05, 3.63) is 53.3 Å². The molecular formula is C23H32N6. The van der Waals surface area contributed by atoms with Gasteiger partial charge in [-0.2, -0.15) is 0 Å². The quantitative estimate of drug-likeness (QED) is 0.673. The Morgan fingerprint density at radius 1 is 1.10 bits per heavy atom. The molecule has 0 spiro atoms. The van der Waals surface area contributed by atoms with Crippen LogP contribution in [-0.2, 0) is 6.54 Å². The summed E-state index contributed by atoms with van der Waals surface area (Å²) < 4.78 is 2.29. The lowest BCUT2D eigenvalue weighted by molar-refractivity contribution is 0.210. The van der Waals surface area contributed by atoms with Gasteiger partial charge in [-0.3, -0.25) is 4.98 Å². The SMILES string of the molecule is Cc1cccc(Cn2c(NC3CCN(CC(C)N)CC3)nc3cccc(C)c32)n1. The van der Waals surface area contributed by atoms with Gasteiger partial charge in [-0.15, -0.1) is 0 Å². The van der Waals surface area contributed by atoms with E-state index < -0.39 is 0 Å². The molecule has 0 saturated carbocycles. The third-order valence-corrected chi connectivity index (χ3v) is 5.70. The summed E-state index contributed by atoms with van der Waals surface area (Å²) >= 11 is 0. The number of likely N-dealkylation sites (tertiary alicyclic amines) is 1. The van der Waals surface area contributed by atoms with Crippen LogP contribution in [0.4, 0.5) is 5.95 Å². The Morgan fingerprint density at radius 3 is 2.59 bits per heavy atom. The number of para-hydroxylation sites is 1. The Bertz CT molecular complexity index is 969. The van der Waals surface area contributed by atoms with Crippen LogP contribution in [0.25, 0.3) is 11.0 Å². The standard InChI is InChI=1S/C23H32N6/c1-16-6-4-9-21-22(16)29(15-20-8-5-7-18(3)25-20)23(27-21)26-19-10-12-28(13-11-19)14-17(2)24/h4-9,17,19H,10-15,24H2,1-3H3,(H,26,27). The van der Waals surface area contributed by atoms with Crippen LogP contribution in [0.1, 0.15) is 36.7 Å². The van der Waals surface area contributed by atoms with E-state index >= 15 is 0 Å². The monoisotopic (exact) mass is 392 g/mol. The van der Waals surface area contributed by atoms with Crippen LogP contribution >= 0.6 is 0 Å². The maximum Gasteiger partial charge on any atom is 0.204 e. The summed E-state index contributed by atoms with van der Waals surface area (Å²) in [7, 11) is 0. The van der Waals surface area contributed by atoms with Gasteiger partial charge in [0.2, 0.25) is 5.95 Å². The maximum atomic E-state index is 5.97. The summed E-state index contributed by atoms with van der Waals surface area (Å²) in [5.41, 5.74) is 11.5. The van der Waals surface area contributed by atoms with Crippen molar-refractivity contribution in [2.45, 2.75) is 52.2 Å². The van der Waals surface area contributed by atoms with E-state index in [4.69, 9.17) is 15.7 Å². The second-order valence-corrected chi connectivity index (χ2v) is 8.43. The molecule has 4 rings (SSSR count). The Balaban J connectivity index is 1.58. The zero-order chi connectivity index (χ0) is 20.4. The summed E-state index contributed by atoms with van der Waals surface area (Å²) in [6.45, 7) is 10.1. The van der Waals surface area contributed by atoms with Gasteiger partial charge < -0.3 is 20.5 Å². The van der Waals surface area contributed by atoms with Crippen molar-refractivity contribution < 1.29 is 0 Å². The Labute approximate surface area is 173 Å². The number of rotatable bonds is 6. The predicted octanol–water partition coefficient (Wildman–Crippen LogP) is 3.32. The molecule has 6 heteroatoms. The number of pyridine rings is 1. The average molecular weight is 393 g/mol. The molecule has 0 radical (unpaired) electrons. The summed E-state index contributed by atoms with van der Waals surface area (Å²) in [5.74, 6) is 0.947. The number of nitrogens with zero attached hydrogens (tertiary/aromatic N) is 4. The van der Waals surface area contributed by atoms with Crippen LogP contribution in [-0.4, -0.2) is 51.2 Å². The molecule has 3 N–H and O–H groups in total. The summed E-state index contributed by atoms with van der Waals surface area (Å²) in [6, 6.07) is 13.2. The van der Waals surface area contributed by atoms with Crippen molar-refractivity contribution in [2.24, 2.45) is 5.73 Å². The van der Waals surface area contributed by atoms with Gasteiger partial charge in [-0.25, -0.2) is 4.98 Å². The molecule has 1 aliphatic heterocycles. The first-order valence-electron chi connectivity index (χ1n) is 10.6. The fourth-order valence-electron chi connectivity index (χ4n) is 4.33. The van der Waals surface area contributed by atoms with Gasteiger partial charge in [0, 0.05) is 37.4 Å². The summed E-state index contributed by atoms with van der Waals surface area (Å²) in [6.07, 6.45) is 2.22. The van der Waals surface area contributed by atoms with Crippen molar-refractivity contribution >= 4 is 17.0 Å². The highest BCUT2D eigenvalue weighted by Crippen LogP contribution is 2.26. The van der Waals surface area contributed by atoms with Crippen molar-refractivity contribution in [1.82, 2.24) is 19.4 Å². The zero-order valence-corrected chi connectivity index (χ0v) is 17.7. The molecule has 29 heavy (non-hydrogen) atoms. The minimum absolute atomic E-state index is 0.230. The topological polar surface area (TPSA) is 72.0 Å². The lowest BCUT2D eigenvalue weighted by Gasteiger charge is -2.33. The van der Waals surface area contributed by atoms with Crippen LogP contribution in [0, 0.1) is 13.8 Å². The van der Waals surface area contributed by atoms with Crippen LogP contribution < -0.4 is 11.1 Å². The van der Waals surface area contributed by atoms with Gasteiger partial charge in [0.25, 0.3) is 0 Å². The Morgan fingerprint density at radius 2 is 1.86 bits per heavy atom. The Hall–Kier alpha value is -2.44. The van der Waals surface area contributed by atoms with Gasteiger partial charge in [-0.05, 0) is 57.4 Å². The first-order valence-corrected chi connectivity index (χ1v) is 10.6. The summed E-state index contributed by atoms with van der Waals surface area (Å²) in [4.78, 5) is 12.1. The minimum atomic E-state index is 0.230. The van der Waals surface area contributed by atoms with E-state index in [0.29, 0.717) is 6.04 Å². The second-order valence-electron chi connectivity index (χ2n) is 8.43.